The van der Waals surface area contributed by atoms with E-state index in [1.165, 1.54) is 0 Å². The molecule has 0 aliphatic carbocycles. The number of methoxy groups -OCH3 is 1. The number of aromatic nitrogens is 5. The third-order valence-corrected chi connectivity index (χ3v) is 5.58. The van der Waals surface area contributed by atoms with Crippen LogP contribution in [0.3, 0.4) is 0 Å². The van der Waals surface area contributed by atoms with Crippen molar-refractivity contribution in [3.8, 4) is 0 Å². The molecule has 1 aromatic carbocycles. The monoisotopic (exact) mass is 414 g/mol. The van der Waals surface area contributed by atoms with Crippen LogP contribution in [0.4, 0.5) is 0 Å². The van der Waals surface area contributed by atoms with E-state index in [9.17, 15) is 0 Å². The number of pyridine rings is 1. The summed E-state index contributed by atoms with van der Waals surface area (Å²) in [5.74, 6) is 0.722. The van der Waals surface area contributed by atoms with Gasteiger partial charge in [-0.25, -0.2) is 4.68 Å². The number of hydrogen-bond acceptors (Lipinski definition) is 6. The number of halogens is 1. The number of rotatable bonds is 9. The highest BCUT2D eigenvalue weighted by molar-refractivity contribution is 6.31. The van der Waals surface area contributed by atoms with Gasteiger partial charge in [0, 0.05) is 30.4 Å². The van der Waals surface area contributed by atoms with Crippen molar-refractivity contribution in [2.75, 3.05) is 13.7 Å². The quantitative estimate of drug-likeness (QED) is 0.578. The topological polar surface area (TPSA) is 91.7 Å². The lowest BCUT2D eigenvalue weighted by Crippen LogP contribution is -2.48. The molecule has 0 aliphatic heterocycles. The van der Waals surface area contributed by atoms with E-state index in [1.54, 1.807) is 18.0 Å². The van der Waals surface area contributed by atoms with Crippen LogP contribution in [0.5, 0.6) is 0 Å². The fourth-order valence-electron chi connectivity index (χ4n) is 3.88. The smallest absolute Gasteiger partial charge is 0.156 e. The van der Waals surface area contributed by atoms with Gasteiger partial charge in [-0.3, -0.25) is 4.98 Å². The molecule has 0 saturated carbocycles. The first kappa shape index (κ1) is 21.4. The van der Waals surface area contributed by atoms with Gasteiger partial charge in [0.2, 0.25) is 0 Å². The average molecular weight is 415 g/mol. The maximum absolute atomic E-state index is 7.22. The van der Waals surface area contributed by atoms with Crippen LogP contribution in [0.2, 0.25) is 5.02 Å². The third kappa shape index (κ3) is 4.63. The number of benzene rings is 1. The molecule has 154 valence electrons. The molecule has 2 atom stereocenters. The maximum Gasteiger partial charge on any atom is 0.156 e. The van der Waals surface area contributed by atoms with Gasteiger partial charge in [-0.1, -0.05) is 49.7 Å². The summed E-state index contributed by atoms with van der Waals surface area (Å²) in [4.78, 5) is 4.32. The van der Waals surface area contributed by atoms with Gasteiger partial charge in [-0.2, -0.15) is 0 Å². The summed E-state index contributed by atoms with van der Waals surface area (Å²) in [6.45, 7) is 5.32. The molecule has 7 nitrogen and oxygen atoms in total. The van der Waals surface area contributed by atoms with Crippen LogP contribution >= 0.6 is 11.6 Å². The Hall–Kier alpha value is -2.35. The summed E-state index contributed by atoms with van der Waals surface area (Å²) >= 11 is 6.49. The summed E-state index contributed by atoms with van der Waals surface area (Å²) in [5, 5.41) is 13.1. The molecule has 3 aromatic rings. The lowest BCUT2D eigenvalue weighted by atomic mass is 9.70. The molecule has 2 unspecified atom stereocenters. The molecular weight excluding hydrogens is 388 g/mol. The van der Waals surface area contributed by atoms with Crippen molar-refractivity contribution >= 4 is 11.6 Å². The molecule has 0 fully saturated rings. The van der Waals surface area contributed by atoms with E-state index in [1.807, 2.05) is 42.6 Å². The zero-order valence-corrected chi connectivity index (χ0v) is 17.8. The van der Waals surface area contributed by atoms with Crippen molar-refractivity contribution in [2.24, 2.45) is 11.7 Å². The van der Waals surface area contributed by atoms with Crippen molar-refractivity contribution in [2.45, 2.75) is 38.3 Å². The summed E-state index contributed by atoms with van der Waals surface area (Å²) in [5.41, 5.74) is 8.29. The summed E-state index contributed by atoms with van der Waals surface area (Å²) in [7, 11) is 1.66. The minimum atomic E-state index is -0.813. The summed E-state index contributed by atoms with van der Waals surface area (Å²) in [6, 6.07) is 11.7. The second-order valence-corrected chi connectivity index (χ2v) is 7.93. The Balaban J connectivity index is 2.13. The first-order valence-corrected chi connectivity index (χ1v) is 10.0. The number of nitrogens with two attached hydrogens (primary N) is 1. The Kier molecular flexibility index (Phi) is 6.95. The van der Waals surface area contributed by atoms with Crippen molar-refractivity contribution in [3.05, 3.63) is 70.8 Å². The SMILES string of the molecule is COCCn1nnnc1C(C(C)C)C(N)(Cc1ccccc1Cl)c1cccnc1. The van der Waals surface area contributed by atoms with Gasteiger partial charge in [0.05, 0.1) is 18.7 Å². The van der Waals surface area contributed by atoms with Crippen LogP contribution < -0.4 is 5.73 Å². The molecule has 0 radical (unpaired) electrons. The van der Waals surface area contributed by atoms with E-state index in [0.717, 1.165) is 17.0 Å². The molecule has 0 aliphatic rings. The molecule has 0 bridgehead atoms. The van der Waals surface area contributed by atoms with Gasteiger partial charge in [-0.15, -0.1) is 5.10 Å². The predicted molar refractivity (Wildman–Crippen MR) is 113 cm³/mol. The first-order valence-electron chi connectivity index (χ1n) is 9.65. The Bertz CT molecular complexity index is 916. The van der Waals surface area contributed by atoms with Crippen LogP contribution in [0.15, 0.2) is 48.8 Å². The van der Waals surface area contributed by atoms with Gasteiger partial charge in [0.1, 0.15) is 0 Å². The van der Waals surface area contributed by atoms with Gasteiger partial charge in [0.25, 0.3) is 0 Å². The molecule has 29 heavy (non-hydrogen) atoms. The fourth-order valence-corrected chi connectivity index (χ4v) is 4.08. The lowest BCUT2D eigenvalue weighted by molar-refractivity contribution is 0.177. The second kappa shape index (κ2) is 9.43. The minimum Gasteiger partial charge on any atom is -0.383 e. The number of tetrazole rings is 1. The van der Waals surface area contributed by atoms with Crippen LogP contribution in [0.1, 0.15) is 36.7 Å². The zero-order valence-electron chi connectivity index (χ0n) is 17.0. The molecular formula is C21H27ClN6O. The normalized spacial score (nSPS) is 14.7. The Morgan fingerprint density at radius 3 is 2.66 bits per heavy atom. The molecule has 3 rings (SSSR count). The molecule has 0 amide bonds. The average Bonchev–Trinajstić information content (AvgIpc) is 3.16. The van der Waals surface area contributed by atoms with E-state index in [0.29, 0.717) is 24.6 Å². The first-order chi connectivity index (χ1) is 14.0. The number of ether oxygens (including phenoxy) is 1. The minimum absolute atomic E-state index is 0.162. The molecule has 2 N–H and O–H groups in total. The van der Waals surface area contributed by atoms with Crippen molar-refractivity contribution in [1.82, 2.24) is 25.2 Å². The van der Waals surface area contributed by atoms with E-state index >= 15 is 0 Å². The summed E-state index contributed by atoms with van der Waals surface area (Å²) in [6.07, 6.45) is 4.08. The Morgan fingerprint density at radius 1 is 1.21 bits per heavy atom. The van der Waals surface area contributed by atoms with Gasteiger partial charge < -0.3 is 10.5 Å². The summed E-state index contributed by atoms with van der Waals surface area (Å²) < 4.78 is 6.99. The fraction of sp³-hybridized carbons (Fsp3) is 0.429. The molecule has 8 heteroatoms. The van der Waals surface area contributed by atoms with Gasteiger partial charge >= 0.3 is 0 Å². The standard InChI is InChI=1S/C21H27ClN6O/c1-15(2)19(20-25-26-27-28(20)11-12-29-3)21(23,17-8-6-10-24-14-17)13-16-7-4-5-9-18(16)22/h4-10,14-15,19H,11-13,23H2,1-3H3. The highest BCUT2D eigenvalue weighted by Crippen LogP contribution is 2.42. The number of hydrogen-bond donors (Lipinski definition) is 1. The zero-order chi connectivity index (χ0) is 20.9. The lowest BCUT2D eigenvalue weighted by Gasteiger charge is -2.39. The highest BCUT2D eigenvalue weighted by Gasteiger charge is 2.43. The molecule has 2 heterocycles. The highest BCUT2D eigenvalue weighted by atomic mass is 35.5. The van der Waals surface area contributed by atoms with Crippen molar-refractivity contribution < 1.29 is 4.74 Å². The second-order valence-electron chi connectivity index (χ2n) is 7.52. The van der Waals surface area contributed by atoms with Gasteiger partial charge in [0.15, 0.2) is 5.82 Å². The Morgan fingerprint density at radius 2 is 2.00 bits per heavy atom. The van der Waals surface area contributed by atoms with E-state index in [2.05, 4.69) is 34.4 Å². The van der Waals surface area contributed by atoms with Crippen molar-refractivity contribution in [1.29, 1.82) is 0 Å². The molecule has 2 aromatic heterocycles. The molecule has 0 saturated heterocycles. The number of nitrogens with zero attached hydrogens (tertiary/aromatic N) is 5. The molecule has 0 spiro atoms. The van der Waals surface area contributed by atoms with Gasteiger partial charge in [-0.05, 0) is 46.0 Å². The van der Waals surface area contributed by atoms with Crippen LogP contribution in [0.25, 0.3) is 0 Å². The maximum atomic E-state index is 7.22. The third-order valence-electron chi connectivity index (χ3n) is 5.21. The van der Waals surface area contributed by atoms with Crippen LogP contribution in [0, 0.1) is 5.92 Å². The van der Waals surface area contributed by atoms with Crippen LogP contribution in [-0.4, -0.2) is 38.9 Å². The van der Waals surface area contributed by atoms with E-state index in [4.69, 9.17) is 22.1 Å². The largest absolute Gasteiger partial charge is 0.383 e. The van der Waals surface area contributed by atoms with Crippen molar-refractivity contribution in [3.63, 3.8) is 0 Å². The van der Waals surface area contributed by atoms with E-state index in [-0.39, 0.29) is 11.8 Å². The van der Waals surface area contributed by atoms with Crippen LogP contribution in [-0.2, 0) is 23.2 Å². The Labute approximate surface area is 176 Å². The predicted octanol–water partition coefficient (Wildman–Crippen LogP) is 3.20. The van der Waals surface area contributed by atoms with E-state index < -0.39 is 5.54 Å².